The SMILES string of the molecule is COC[C@H](C)CN1[C@@]2(C)CC[C@]1(C)C[C@H](OC)C2. The Hall–Kier alpha value is -0.120. The van der Waals surface area contributed by atoms with E-state index in [1.165, 1.54) is 25.7 Å². The molecule has 2 aliphatic rings. The number of hydrogen-bond acceptors (Lipinski definition) is 3. The first-order valence-electron chi connectivity index (χ1n) is 7.23. The summed E-state index contributed by atoms with van der Waals surface area (Å²) in [4.78, 5) is 2.75. The first-order chi connectivity index (χ1) is 8.43. The van der Waals surface area contributed by atoms with Gasteiger partial charge in [0.25, 0.3) is 0 Å². The summed E-state index contributed by atoms with van der Waals surface area (Å²) in [5.41, 5.74) is 0.658. The lowest BCUT2D eigenvalue weighted by Gasteiger charge is -2.51. The summed E-state index contributed by atoms with van der Waals surface area (Å²) >= 11 is 0. The second-order valence-corrected chi connectivity index (χ2v) is 6.93. The molecular formula is C15H29NO2. The van der Waals surface area contributed by atoms with Crippen LogP contribution in [0, 0.1) is 5.92 Å². The van der Waals surface area contributed by atoms with E-state index in [4.69, 9.17) is 9.47 Å². The standard InChI is InChI=1S/C15H29NO2/c1-12(11-17-4)10-16-14(2)6-7-15(16,3)9-13(8-14)18-5/h12-13H,6-11H2,1-5H3/t12-,13-,14+,15-/m1/s1. The normalized spacial score (nSPS) is 42.2. The first kappa shape index (κ1) is 14.3. The van der Waals surface area contributed by atoms with Crippen molar-refractivity contribution < 1.29 is 9.47 Å². The maximum absolute atomic E-state index is 5.65. The molecule has 2 saturated heterocycles. The fourth-order valence-corrected chi connectivity index (χ4v) is 4.19. The van der Waals surface area contributed by atoms with Gasteiger partial charge in [0.2, 0.25) is 0 Å². The largest absolute Gasteiger partial charge is 0.384 e. The predicted octanol–water partition coefficient (Wildman–Crippen LogP) is 2.69. The minimum atomic E-state index is 0.329. The molecule has 0 amide bonds. The van der Waals surface area contributed by atoms with E-state index in [2.05, 4.69) is 25.7 Å². The van der Waals surface area contributed by atoms with Crippen LogP contribution in [0.5, 0.6) is 0 Å². The van der Waals surface area contributed by atoms with E-state index in [1.807, 2.05) is 7.11 Å². The smallest absolute Gasteiger partial charge is 0.0606 e. The van der Waals surface area contributed by atoms with Crippen molar-refractivity contribution in [1.29, 1.82) is 0 Å². The van der Waals surface area contributed by atoms with Gasteiger partial charge in [-0.05, 0) is 45.4 Å². The minimum Gasteiger partial charge on any atom is -0.384 e. The molecule has 0 aromatic rings. The van der Waals surface area contributed by atoms with Crippen LogP contribution in [0.2, 0.25) is 0 Å². The molecule has 3 nitrogen and oxygen atoms in total. The molecule has 106 valence electrons. The van der Waals surface area contributed by atoms with Crippen LogP contribution in [-0.2, 0) is 9.47 Å². The highest BCUT2D eigenvalue weighted by molar-refractivity contribution is 5.11. The molecule has 0 aromatic carbocycles. The van der Waals surface area contributed by atoms with Crippen molar-refractivity contribution >= 4 is 0 Å². The number of methoxy groups -OCH3 is 2. The van der Waals surface area contributed by atoms with Gasteiger partial charge in [-0.2, -0.15) is 0 Å². The van der Waals surface area contributed by atoms with Crippen LogP contribution in [0.4, 0.5) is 0 Å². The van der Waals surface area contributed by atoms with E-state index in [1.54, 1.807) is 7.11 Å². The van der Waals surface area contributed by atoms with Crippen molar-refractivity contribution in [2.75, 3.05) is 27.4 Å². The molecule has 0 N–H and O–H groups in total. The highest BCUT2D eigenvalue weighted by Gasteiger charge is 2.55. The zero-order valence-electron chi connectivity index (χ0n) is 12.7. The van der Waals surface area contributed by atoms with E-state index in [-0.39, 0.29) is 0 Å². The molecule has 2 bridgehead atoms. The number of fused-ring (bicyclic) bond motifs is 2. The molecule has 2 aliphatic heterocycles. The van der Waals surface area contributed by atoms with E-state index >= 15 is 0 Å². The van der Waals surface area contributed by atoms with Crippen LogP contribution in [0.15, 0.2) is 0 Å². The molecule has 2 fully saturated rings. The lowest BCUT2D eigenvalue weighted by molar-refractivity contribution is -0.0755. The highest BCUT2D eigenvalue weighted by atomic mass is 16.5. The van der Waals surface area contributed by atoms with Crippen molar-refractivity contribution in [2.24, 2.45) is 5.92 Å². The number of rotatable bonds is 5. The lowest BCUT2D eigenvalue weighted by Crippen LogP contribution is -2.59. The monoisotopic (exact) mass is 255 g/mol. The Bertz CT molecular complexity index is 276. The van der Waals surface area contributed by atoms with Gasteiger partial charge < -0.3 is 9.47 Å². The van der Waals surface area contributed by atoms with Crippen molar-refractivity contribution in [3.8, 4) is 0 Å². The predicted molar refractivity (Wildman–Crippen MR) is 73.8 cm³/mol. The molecule has 18 heavy (non-hydrogen) atoms. The number of nitrogens with zero attached hydrogens (tertiary/aromatic N) is 1. The molecule has 2 rings (SSSR count). The number of ether oxygens (including phenoxy) is 2. The Balaban J connectivity index is 2.11. The first-order valence-corrected chi connectivity index (χ1v) is 7.23. The second kappa shape index (κ2) is 5.10. The van der Waals surface area contributed by atoms with Crippen LogP contribution in [0.1, 0.15) is 46.5 Å². The summed E-state index contributed by atoms with van der Waals surface area (Å²) in [5.74, 6) is 0.603. The zero-order valence-corrected chi connectivity index (χ0v) is 12.7. The summed E-state index contributed by atoms with van der Waals surface area (Å²) in [7, 11) is 3.66. The van der Waals surface area contributed by atoms with E-state index in [0.29, 0.717) is 23.1 Å². The molecule has 4 atom stereocenters. The summed E-state index contributed by atoms with van der Waals surface area (Å²) in [6.07, 6.45) is 5.42. The van der Waals surface area contributed by atoms with Gasteiger partial charge in [-0.15, -0.1) is 0 Å². The average molecular weight is 255 g/mol. The lowest BCUT2D eigenvalue weighted by atomic mass is 9.83. The van der Waals surface area contributed by atoms with Gasteiger partial charge in [-0.3, -0.25) is 4.90 Å². The third kappa shape index (κ3) is 2.45. The van der Waals surface area contributed by atoms with E-state index in [0.717, 1.165) is 13.2 Å². The summed E-state index contributed by atoms with van der Waals surface area (Å²) < 4.78 is 10.9. The molecular weight excluding hydrogens is 226 g/mol. The molecule has 0 aliphatic carbocycles. The summed E-state index contributed by atoms with van der Waals surface area (Å²) in [6, 6.07) is 0. The molecule has 0 spiro atoms. The van der Waals surface area contributed by atoms with Gasteiger partial charge in [0.15, 0.2) is 0 Å². The van der Waals surface area contributed by atoms with Crippen molar-refractivity contribution in [3.63, 3.8) is 0 Å². The maximum atomic E-state index is 5.65. The van der Waals surface area contributed by atoms with Gasteiger partial charge in [-0.1, -0.05) is 6.92 Å². The third-order valence-corrected chi connectivity index (χ3v) is 5.12. The Kier molecular flexibility index (Phi) is 4.05. The van der Waals surface area contributed by atoms with Gasteiger partial charge in [0.1, 0.15) is 0 Å². The van der Waals surface area contributed by atoms with Crippen molar-refractivity contribution in [2.45, 2.75) is 63.6 Å². The Morgan fingerprint density at radius 3 is 2.17 bits per heavy atom. The van der Waals surface area contributed by atoms with Crippen LogP contribution in [-0.4, -0.2) is 49.5 Å². The molecule has 3 heteroatoms. The van der Waals surface area contributed by atoms with E-state index in [9.17, 15) is 0 Å². The van der Waals surface area contributed by atoms with Crippen molar-refractivity contribution in [3.05, 3.63) is 0 Å². The quantitative estimate of drug-likeness (QED) is 0.754. The third-order valence-electron chi connectivity index (χ3n) is 5.12. The highest BCUT2D eigenvalue weighted by Crippen LogP contribution is 2.51. The van der Waals surface area contributed by atoms with Crippen LogP contribution >= 0.6 is 0 Å². The Labute approximate surface area is 112 Å². The fourth-order valence-electron chi connectivity index (χ4n) is 4.19. The number of hydrogen-bond donors (Lipinski definition) is 0. The maximum Gasteiger partial charge on any atom is 0.0606 e. The molecule has 0 aromatic heterocycles. The minimum absolute atomic E-state index is 0.329. The van der Waals surface area contributed by atoms with E-state index < -0.39 is 0 Å². The average Bonchev–Trinajstić information content (AvgIpc) is 2.47. The fraction of sp³-hybridized carbons (Fsp3) is 1.00. The number of piperidine rings is 1. The molecule has 2 heterocycles. The van der Waals surface area contributed by atoms with Crippen molar-refractivity contribution in [1.82, 2.24) is 4.90 Å². The molecule has 0 radical (unpaired) electrons. The van der Waals surface area contributed by atoms with Crippen LogP contribution < -0.4 is 0 Å². The van der Waals surface area contributed by atoms with Crippen LogP contribution in [0.25, 0.3) is 0 Å². The molecule has 0 unspecified atom stereocenters. The van der Waals surface area contributed by atoms with Crippen LogP contribution in [0.3, 0.4) is 0 Å². The summed E-state index contributed by atoms with van der Waals surface area (Å²) in [6.45, 7) is 9.14. The van der Waals surface area contributed by atoms with Gasteiger partial charge in [0.05, 0.1) is 6.10 Å². The van der Waals surface area contributed by atoms with Gasteiger partial charge >= 0.3 is 0 Å². The summed E-state index contributed by atoms with van der Waals surface area (Å²) in [5, 5.41) is 0. The van der Waals surface area contributed by atoms with Gasteiger partial charge in [-0.25, -0.2) is 0 Å². The van der Waals surface area contributed by atoms with Gasteiger partial charge in [0, 0.05) is 38.4 Å². The Morgan fingerprint density at radius 1 is 1.17 bits per heavy atom. The zero-order chi connectivity index (χ0) is 13.4. The topological polar surface area (TPSA) is 21.7 Å². The molecule has 0 saturated carbocycles. The Morgan fingerprint density at radius 2 is 1.72 bits per heavy atom. The second-order valence-electron chi connectivity index (χ2n) is 6.93.